The van der Waals surface area contributed by atoms with Crippen LogP contribution in [0.25, 0.3) is 0 Å². The van der Waals surface area contributed by atoms with Gasteiger partial charge < -0.3 is 20.1 Å². The molecule has 2 amide bonds. The molecular weight excluding hydrogens is 296 g/mol. The zero-order valence-corrected chi connectivity index (χ0v) is 13.7. The molecule has 3 rings (SSSR count). The molecule has 6 nitrogen and oxygen atoms in total. The lowest BCUT2D eigenvalue weighted by Gasteiger charge is -2.22. The summed E-state index contributed by atoms with van der Waals surface area (Å²) in [6.45, 7) is 6.83. The van der Waals surface area contributed by atoms with E-state index < -0.39 is 11.4 Å². The number of carboxylic acid groups (broad SMARTS) is 1. The standard InChI is InChI=1S/C17H22N2O4/c1-10-4-5-12-13(8-23-14(12)11(10)2)18-16(22)19-7-6-17(3,9-19)15(20)21/h4-5,13H,6-9H2,1-3H3,(H,18,22)(H,20,21). The normalized spacial score (nSPS) is 25.9. The zero-order valence-electron chi connectivity index (χ0n) is 13.7. The van der Waals surface area contributed by atoms with E-state index in [9.17, 15) is 14.7 Å². The Morgan fingerprint density at radius 2 is 2.13 bits per heavy atom. The highest BCUT2D eigenvalue weighted by molar-refractivity contribution is 5.80. The van der Waals surface area contributed by atoms with Gasteiger partial charge in [0.1, 0.15) is 12.4 Å². The highest BCUT2D eigenvalue weighted by Gasteiger charge is 2.42. The molecule has 2 aliphatic rings. The number of carboxylic acids is 1. The lowest BCUT2D eigenvalue weighted by atomic mass is 9.90. The van der Waals surface area contributed by atoms with Crippen LogP contribution in [0.5, 0.6) is 5.75 Å². The summed E-state index contributed by atoms with van der Waals surface area (Å²) in [5, 5.41) is 12.2. The van der Waals surface area contributed by atoms with Gasteiger partial charge in [-0.15, -0.1) is 0 Å². The number of likely N-dealkylation sites (tertiary alicyclic amines) is 1. The van der Waals surface area contributed by atoms with E-state index in [1.165, 1.54) is 0 Å². The molecule has 0 saturated carbocycles. The first-order chi connectivity index (χ1) is 10.8. The molecule has 2 N–H and O–H groups in total. The van der Waals surface area contributed by atoms with Crippen LogP contribution >= 0.6 is 0 Å². The van der Waals surface area contributed by atoms with Crippen LogP contribution in [-0.2, 0) is 4.79 Å². The Labute approximate surface area is 135 Å². The highest BCUT2D eigenvalue weighted by Crippen LogP contribution is 2.37. The van der Waals surface area contributed by atoms with Crippen LogP contribution in [0.4, 0.5) is 4.79 Å². The second-order valence-electron chi connectivity index (χ2n) is 6.78. The molecule has 1 saturated heterocycles. The number of rotatable bonds is 2. The first-order valence-corrected chi connectivity index (χ1v) is 7.83. The molecule has 0 bridgehead atoms. The molecule has 0 radical (unpaired) electrons. The molecule has 0 aromatic heterocycles. The van der Waals surface area contributed by atoms with Gasteiger partial charge in [0.2, 0.25) is 0 Å². The van der Waals surface area contributed by atoms with Crippen molar-refractivity contribution in [2.24, 2.45) is 5.41 Å². The second kappa shape index (κ2) is 5.44. The lowest BCUT2D eigenvalue weighted by molar-refractivity contribution is -0.147. The molecule has 1 fully saturated rings. The van der Waals surface area contributed by atoms with Gasteiger partial charge in [-0.05, 0) is 38.3 Å². The summed E-state index contributed by atoms with van der Waals surface area (Å²) in [7, 11) is 0. The van der Waals surface area contributed by atoms with Crippen molar-refractivity contribution in [1.29, 1.82) is 0 Å². The van der Waals surface area contributed by atoms with Crippen molar-refractivity contribution in [3.05, 3.63) is 28.8 Å². The number of carbonyl (C=O) groups excluding carboxylic acids is 1. The van der Waals surface area contributed by atoms with E-state index in [-0.39, 0.29) is 18.6 Å². The predicted molar refractivity (Wildman–Crippen MR) is 84.6 cm³/mol. The predicted octanol–water partition coefficient (Wildman–Crippen LogP) is 2.24. The summed E-state index contributed by atoms with van der Waals surface area (Å²) in [4.78, 5) is 25.3. The third-order valence-corrected chi connectivity index (χ3v) is 5.05. The minimum absolute atomic E-state index is 0.187. The Morgan fingerprint density at radius 1 is 1.39 bits per heavy atom. The average molecular weight is 318 g/mol. The van der Waals surface area contributed by atoms with Crippen LogP contribution in [0.3, 0.4) is 0 Å². The third-order valence-electron chi connectivity index (χ3n) is 5.05. The molecule has 0 spiro atoms. The molecule has 2 unspecified atom stereocenters. The number of nitrogens with zero attached hydrogens (tertiary/aromatic N) is 1. The molecule has 2 heterocycles. The number of carbonyl (C=O) groups is 2. The van der Waals surface area contributed by atoms with Crippen molar-refractivity contribution in [2.45, 2.75) is 33.2 Å². The van der Waals surface area contributed by atoms with Crippen molar-refractivity contribution < 1.29 is 19.4 Å². The average Bonchev–Trinajstić information content (AvgIpc) is 3.09. The molecule has 124 valence electrons. The van der Waals surface area contributed by atoms with Crippen LogP contribution in [0.15, 0.2) is 12.1 Å². The van der Waals surface area contributed by atoms with Crippen LogP contribution < -0.4 is 10.1 Å². The maximum absolute atomic E-state index is 12.4. The quantitative estimate of drug-likeness (QED) is 0.876. The topological polar surface area (TPSA) is 78.9 Å². The van der Waals surface area contributed by atoms with E-state index in [1.54, 1.807) is 11.8 Å². The Hall–Kier alpha value is -2.24. The number of amides is 2. The number of nitrogens with one attached hydrogen (secondary N) is 1. The summed E-state index contributed by atoms with van der Waals surface area (Å²) >= 11 is 0. The Kier molecular flexibility index (Phi) is 3.70. The first kappa shape index (κ1) is 15.6. The number of fused-ring (bicyclic) bond motifs is 1. The van der Waals surface area contributed by atoms with Crippen LogP contribution in [0.1, 0.15) is 36.1 Å². The van der Waals surface area contributed by atoms with Crippen molar-refractivity contribution in [3.8, 4) is 5.75 Å². The smallest absolute Gasteiger partial charge is 0.318 e. The fourth-order valence-corrected chi connectivity index (χ4v) is 3.20. The Bertz CT molecular complexity index is 673. The summed E-state index contributed by atoms with van der Waals surface area (Å²) < 4.78 is 5.74. The summed E-state index contributed by atoms with van der Waals surface area (Å²) in [6, 6.07) is 3.60. The van der Waals surface area contributed by atoms with Gasteiger partial charge in [0, 0.05) is 18.7 Å². The summed E-state index contributed by atoms with van der Waals surface area (Å²) in [6.07, 6.45) is 0.478. The van der Waals surface area contributed by atoms with E-state index in [4.69, 9.17) is 4.74 Å². The van der Waals surface area contributed by atoms with E-state index in [1.807, 2.05) is 26.0 Å². The van der Waals surface area contributed by atoms with Gasteiger partial charge in [0.05, 0.1) is 11.5 Å². The minimum atomic E-state index is -0.853. The van der Waals surface area contributed by atoms with Crippen LogP contribution in [0, 0.1) is 19.3 Å². The summed E-state index contributed by atoms with van der Waals surface area (Å²) in [5.74, 6) is 0.000501. The molecule has 2 aliphatic heterocycles. The minimum Gasteiger partial charge on any atom is -0.490 e. The Morgan fingerprint density at radius 3 is 2.78 bits per heavy atom. The number of hydrogen-bond donors (Lipinski definition) is 2. The van der Waals surface area contributed by atoms with Crippen LogP contribution in [-0.4, -0.2) is 41.7 Å². The third kappa shape index (κ3) is 2.62. The maximum atomic E-state index is 12.4. The largest absolute Gasteiger partial charge is 0.490 e. The van der Waals surface area contributed by atoms with Crippen molar-refractivity contribution in [1.82, 2.24) is 10.2 Å². The van der Waals surface area contributed by atoms with E-state index in [0.717, 1.165) is 22.4 Å². The first-order valence-electron chi connectivity index (χ1n) is 7.83. The number of aryl methyl sites for hydroxylation is 1. The fraction of sp³-hybridized carbons (Fsp3) is 0.529. The lowest BCUT2D eigenvalue weighted by Crippen LogP contribution is -2.42. The SMILES string of the molecule is Cc1ccc2c(c1C)OCC2NC(=O)N1CCC(C)(C(=O)O)C1. The van der Waals surface area contributed by atoms with Gasteiger partial charge in [0.25, 0.3) is 0 Å². The summed E-state index contributed by atoms with van der Waals surface area (Å²) in [5.41, 5.74) is 2.39. The maximum Gasteiger partial charge on any atom is 0.318 e. The Balaban J connectivity index is 1.70. The van der Waals surface area contributed by atoms with Crippen molar-refractivity contribution >= 4 is 12.0 Å². The van der Waals surface area contributed by atoms with Gasteiger partial charge in [-0.25, -0.2) is 4.79 Å². The monoisotopic (exact) mass is 318 g/mol. The molecule has 1 aromatic carbocycles. The van der Waals surface area contributed by atoms with E-state index in [0.29, 0.717) is 19.6 Å². The van der Waals surface area contributed by atoms with Gasteiger partial charge in [-0.3, -0.25) is 4.79 Å². The number of urea groups is 1. The van der Waals surface area contributed by atoms with Gasteiger partial charge >= 0.3 is 12.0 Å². The van der Waals surface area contributed by atoms with E-state index >= 15 is 0 Å². The highest BCUT2D eigenvalue weighted by atomic mass is 16.5. The molecule has 0 aliphatic carbocycles. The van der Waals surface area contributed by atoms with Gasteiger partial charge in [-0.1, -0.05) is 12.1 Å². The second-order valence-corrected chi connectivity index (χ2v) is 6.78. The molecule has 2 atom stereocenters. The van der Waals surface area contributed by atoms with Crippen molar-refractivity contribution in [3.63, 3.8) is 0 Å². The molecule has 1 aromatic rings. The number of benzene rings is 1. The number of hydrogen-bond acceptors (Lipinski definition) is 3. The number of ether oxygens (including phenoxy) is 1. The zero-order chi connectivity index (χ0) is 16.8. The molecule has 23 heavy (non-hydrogen) atoms. The number of aliphatic carboxylic acids is 1. The molecular formula is C17H22N2O4. The fourth-order valence-electron chi connectivity index (χ4n) is 3.20. The van der Waals surface area contributed by atoms with Gasteiger partial charge in [-0.2, -0.15) is 0 Å². The van der Waals surface area contributed by atoms with E-state index in [2.05, 4.69) is 5.32 Å². The molecule has 6 heteroatoms. The van der Waals surface area contributed by atoms with Gasteiger partial charge in [0.15, 0.2) is 0 Å². The van der Waals surface area contributed by atoms with Crippen LogP contribution in [0.2, 0.25) is 0 Å². The van der Waals surface area contributed by atoms with Crippen molar-refractivity contribution in [2.75, 3.05) is 19.7 Å².